The van der Waals surface area contributed by atoms with Crippen LogP contribution in [0.15, 0.2) is 29.2 Å². The lowest BCUT2D eigenvalue weighted by Gasteiger charge is -2.22. The van der Waals surface area contributed by atoms with Crippen LogP contribution < -0.4 is 11.3 Å². The Morgan fingerprint density at radius 1 is 1.56 bits per heavy atom. The van der Waals surface area contributed by atoms with E-state index in [-0.39, 0.29) is 6.04 Å². The lowest BCUT2D eigenvalue weighted by Crippen LogP contribution is -2.43. The third-order valence-electron chi connectivity index (χ3n) is 2.94. The Hall–Kier alpha value is -0.550. The fraction of sp³-hybridized carbons (Fsp3) is 0.500. The van der Waals surface area contributed by atoms with Gasteiger partial charge in [-0.1, -0.05) is 18.2 Å². The zero-order valence-corrected chi connectivity index (χ0v) is 10.3. The standard InChI is InChI=1S/C12H18N2OS/c1-2-15-7-11(14-13)10-8-16-12-6-4-3-5-9(10)12/h3-6,10-11,14H,2,7-8,13H2,1H3. The lowest BCUT2D eigenvalue weighted by molar-refractivity contribution is 0.116. The predicted octanol–water partition coefficient (Wildman–Crippen LogP) is 1.74. The van der Waals surface area contributed by atoms with Crippen LogP contribution in [0, 0.1) is 0 Å². The number of hydrazine groups is 1. The highest BCUT2D eigenvalue weighted by molar-refractivity contribution is 7.99. The normalized spacial score (nSPS) is 20.8. The van der Waals surface area contributed by atoms with E-state index in [1.165, 1.54) is 10.5 Å². The van der Waals surface area contributed by atoms with Crippen molar-refractivity contribution < 1.29 is 4.74 Å². The Kier molecular flexibility index (Phi) is 4.23. The van der Waals surface area contributed by atoms with E-state index < -0.39 is 0 Å². The summed E-state index contributed by atoms with van der Waals surface area (Å²) in [5, 5.41) is 0. The second-order valence-corrected chi connectivity index (χ2v) is 4.95. The van der Waals surface area contributed by atoms with E-state index in [1.54, 1.807) is 0 Å². The molecule has 3 nitrogen and oxygen atoms in total. The summed E-state index contributed by atoms with van der Waals surface area (Å²) in [4.78, 5) is 1.38. The Bertz CT molecular complexity index is 346. The molecule has 1 aliphatic heterocycles. The monoisotopic (exact) mass is 238 g/mol. The fourth-order valence-corrected chi connectivity index (χ4v) is 3.38. The van der Waals surface area contributed by atoms with Crippen molar-refractivity contribution in [2.24, 2.45) is 5.84 Å². The Morgan fingerprint density at radius 3 is 3.12 bits per heavy atom. The second kappa shape index (κ2) is 5.68. The molecule has 2 atom stereocenters. The zero-order valence-electron chi connectivity index (χ0n) is 9.48. The van der Waals surface area contributed by atoms with Gasteiger partial charge in [-0.05, 0) is 18.6 Å². The number of hydrogen-bond donors (Lipinski definition) is 2. The molecule has 0 fully saturated rings. The summed E-state index contributed by atoms with van der Waals surface area (Å²) in [7, 11) is 0. The summed E-state index contributed by atoms with van der Waals surface area (Å²) < 4.78 is 5.46. The molecule has 1 heterocycles. The Morgan fingerprint density at radius 2 is 2.38 bits per heavy atom. The first-order valence-corrected chi connectivity index (χ1v) is 6.61. The summed E-state index contributed by atoms with van der Waals surface area (Å²) in [6.07, 6.45) is 0. The molecule has 0 saturated carbocycles. The van der Waals surface area contributed by atoms with Gasteiger partial charge in [0.1, 0.15) is 0 Å². The molecule has 1 aliphatic rings. The van der Waals surface area contributed by atoms with Gasteiger partial charge in [-0.25, -0.2) is 0 Å². The van der Waals surface area contributed by atoms with E-state index in [1.807, 2.05) is 18.7 Å². The van der Waals surface area contributed by atoms with Gasteiger partial charge in [0.25, 0.3) is 0 Å². The number of benzene rings is 1. The lowest BCUT2D eigenvalue weighted by atomic mass is 9.94. The first kappa shape index (κ1) is 11.9. The molecular weight excluding hydrogens is 220 g/mol. The summed E-state index contributed by atoms with van der Waals surface area (Å²) in [6, 6.07) is 8.74. The smallest absolute Gasteiger partial charge is 0.0639 e. The van der Waals surface area contributed by atoms with Crippen LogP contribution in [0.5, 0.6) is 0 Å². The van der Waals surface area contributed by atoms with Crippen molar-refractivity contribution in [3.8, 4) is 0 Å². The average molecular weight is 238 g/mol. The van der Waals surface area contributed by atoms with Crippen molar-refractivity contribution in [1.29, 1.82) is 0 Å². The summed E-state index contributed by atoms with van der Waals surface area (Å²) in [5.41, 5.74) is 4.28. The largest absolute Gasteiger partial charge is 0.380 e. The van der Waals surface area contributed by atoms with Gasteiger partial charge in [-0.3, -0.25) is 11.3 Å². The second-order valence-electron chi connectivity index (χ2n) is 3.89. The molecule has 1 aromatic carbocycles. The van der Waals surface area contributed by atoms with Crippen LogP contribution in [0.1, 0.15) is 18.4 Å². The number of rotatable bonds is 5. The van der Waals surface area contributed by atoms with Crippen molar-refractivity contribution in [2.75, 3.05) is 19.0 Å². The number of fused-ring (bicyclic) bond motifs is 1. The van der Waals surface area contributed by atoms with E-state index >= 15 is 0 Å². The maximum Gasteiger partial charge on any atom is 0.0639 e. The summed E-state index contributed by atoms with van der Waals surface area (Å²) in [5.74, 6) is 7.15. The number of nitrogens with one attached hydrogen (secondary N) is 1. The van der Waals surface area contributed by atoms with Crippen molar-refractivity contribution in [1.82, 2.24) is 5.43 Å². The van der Waals surface area contributed by atoms with E-state index in [9.17, 15) is 0 Å². The first-order chi connectivity index (χ1) is 7.86. The highest BCUT2D eigenvalue weighted by atomic mass is 32.2. The van der Waals surface area contributed by atoms with Gasteiger partial charge in [0.15, 0.2) is 0 Å². The Labute approximate surface area is 101 Å². The van der Waals surface area contributed by atoms with Crippen LogP contribution in [0.25, 0.3) is 0 Å². The quantitative estimate of drug-likeness (QED) is 0.606. The predicted molar refractivity (Wildman–Crippen MR) is 67.5 cm³/mol. The van der Waals surface area contributed by atoms with E-state index in [0.717, 1.165) is 12.4 Å². The van der Waals surface area contributed by atoms with Gasteiger partial charge in [-0.2, -0.15) is 0 Å². The number of hydrogen-bond acceptors (Lipinski definition) is 4. The molecule has 4 heteroatoms. The molecule has 0 aliphatic carbocycles. The van der Waals surface area contributed by atoms with Crippen molar-refractivity contribution >= 4 is 11.8 Å². The number of nitrogens with two attached hydrogens (primary N) is 1. The maximum atomic E-state index is 5.61. The molecule has 16 heavy (non-hydrogen) atoms. The molecule has 0 aromatic heterocycles. The van der Waals surface area contributed by atoms with Crippen LogP contribution in [0.4, 0.5) is 0 Å². The van der Waals surface area contributed by atoms with Crippen LogP contribution in [0.2, 0.25) is 0 Å². The highest BCUT2D eigenvalue weighted by Gasteiger charge is 2.29. The van der Waals surface area contributed by atoms with Gasteiger partial charge in [0.2, 0.25) is 0 Å². The van der Waals surface area contributed by atoms with Crippen molar-refractivity contribution in [3.05, 3.63) is 29.8 Å². The van der Waals surface area contributed by atoms with Gasteiger partial charge < -0.3 is 4.74 Å². The molecule has 0 spiro atoms. The minimum Gasteiger partial charge on any atom is -0.380 e. The maximum absolute atomic E-state index is 5.61. The molecule has 88 valence electrons. The minimum atomic E-state index is 0.205. The number of thioether (sulfide) groups is 1. The van der Waals surface area contributed by atoms with E-state index in [2.05, 4.69) is 29.7 Å². The zero-order chi connectivity index (χ0) is 11.4. The first-order valence-electron chi connectivity index (χ1n) is 5.62. The third kappa shape index (κ3) is 2.40. The molecule has 0 amide bonds. The molecular formula is C12H18N2OS. The van der Waals surface area contributed by atoms with Crippen LogP contribution in [-0.2, 0) is 4.74 Å². The van der Waals surface area contributed by atoms with E-state index in [0.29, 0.717) is 12.5 Å². The van der Waals surface area contributed by atoms with Crippen molar-refractivity contribution in [2.45, 2.75) is 23.8 Å². The number of ether oxygens (including phenoxy) is 1. The van der Waals surface area contributed by atoms with Crippen LogP contribution in [0.3, 0.4) is 0 Å². The molecule has 0 radical (unpaired) electrons. The molecule has 1 aromatic rings. The highest BCUT2D eigenvalue weighted by Crippen LogP contribution is 2.40. The summed E-state index contributed by atoms with van der Waals surface area (Å²) >= 11 is 1.90. The van der Waals surface area contributed by atoms with Gasteiger partial charge in [0.05, 0.1) is 12.6 Å². The van der Waals surface area contributed by atoms with Crippen LogP contribution >= 0.6 is 11.8 Å². The van der Waals surface area contributed by atoms with Gasteiger partial charge in [-0.15, -0.1) is 11.8 Å². The molecule has 2 unspecified atom stereocenters. The molecule has 2 rings (SSSR count). The molecule has 3 N–H and O–H groups in total. The summed E-state index contributed by atoms with van der Waals surface area (Å²) in [6.45, 7) is 3.41. The van der Waals surface area contributed by atoms with Gasteiger partial charge in [0, 0.05) is 23.2 Å². The van der Waals surface area contributed by atoms with E-state index in [4.69, 9.17) is 10.6 Å². The Balaban J connectivity index is 2.10. The average Bonchev–Trinajstić information content (AvgIpc) is 2.75. The minimum absolute atomic E-state index is 0.205. The van der Waals surface area contributed by atoms with Gasteiger partial charge >= 0.3 is 0 Å². The van der Waals surface area contributed by atoms with Crippen LogP contribution in [-0.4, -0.2) is 25.0 Å². The molecule has 0 saturated heterocycles. The third-order valence-corrected chi connectivity index (χ3v) is 4.15. The topological polar surface area (TPSA) is 47.3 Å². The van der Waals surface area contributed by atoms with Crippen molar-refractivity contribution in [3.63, 3.8) is 0 Å². The SMILES string of the molecule is CCOCC(NN)C1CSc2ccccc21. The molecule has 0 bridgehead atoms. The fourth-order valence-electron chi connectivity index (χ4n) is 2.05.